The second-order valence-corrected chi connectivity index (χ2v) is 3.24. The number of hydrogen-bond acceptors (Lipinski definition) is 3. The van der Waals surface area contributed by atoms with Crippen molar-refractivity contribution in [2.45, 2.75) is 6.54 Å². The summed E-state index contributed by atoms with van der Waals surface area (Å²) in [6.07, 6.45) is -1.09. The Labute approximate surface area is 93.2 Å². The molecule has 84 valence electrons. The highest BCUT2D eigenvalue weighted by Crippen LogP contribution is 2.07. The first-order valence-corrected chi connectivity index (χ1v) is 4.75. The van der Waals surface area contributed by atoms with E-state index in [1.165, 1.54) is 0 Å². The van der Waals surface area contributed by atoms with Crippen molar-refractivity contribution in [2.24, 2.45) is 0 Å². The van der Waals surface area contributed by atoms with Gasteiger partial charge in [0.25, 0.3) is 0 Å². The Morgan fingerprint density at radius 3 is 2.81 bits per heavy atom. The number of carboxylic acid groups (broad SMARTS) is 1. The highest BCUT2D eigenvalue weighted by Gasteiger charge is 2.11. The van der Waals surface area contributed by atoms with E-state index in [0.29, 0.717) is 5.56 Å². The molecular formula is C11H12N2O3. The Kier molecular flexibility index (Phi) is 4.30. The Morgan fingerprint density at radius 1 is 1.50 bits per heavy atom. The summed E-state index contributed by atoms with van der Waals surface area (Å²) in [7, 11) is 0. The van der Waals surface area contributed by atoms with E-state index in [2.05, 4.69) is 0 Å². The van der Waals surface area contributed by atoms with E-state index in [-0.39, 0.29) is 19.7 Å². The average Bonchev–Trinajstić information content (AvgIpc) is 2.28. The molecule has 0 heterocycles. The fraction of sp³-hybridized carbons (Fsp3) is 0.273. The van der Waals surface area contributed by atoms with Gasteiger partial charge in [-0.2, -0.15) is 5.26 Å². The lowest BCUT2D eigenvalue weighted by Gasteiger charge is -2.17. The molecular weight excluding hydrogens is 208 g/mol. The van der Waals surface area contributed by atoms with Crippen LogP contribution in [0.5, 0.6) is 0 Å². The molecule has 0 spiro atoms. The molecule has 0 radical (unpaired) electrons. The molecule has 5 nitrogen and oxygen atoms in total. The van der Waals surface area contributed by atoms with Gasteiger partial charge in [-0.05, 0) is 17.7 Å². The predicted molar refractivity (Wildman–Crippen MR) is 56.7 cm³/mol. The fourth-order valence-corrected chi connectivity index (χ4v) is 1.32. The zero-order chi connectivity index (χ0) is 12.0. The summed E-state index contributed by atoms with van der Waals surface area (Å²) in [4.78, 5) is 11.9. The van der Waals surface area contributed by atoms with Crippen molar-refractivity contribution in [1.29, 1.82) is 5.26 Å². The number of aliphatic hydroxyl groups is 1. The number of rotatable bonds is 4. The van der Waals surface area contributed by atoms with Crippen LogP contribution in [0.2, 0.25) is 0 Å². The van der Waals surface area contributed by atoms with Crippen LogP contribution in [0.4, 0.5) is 4.79 Å². The van der Waals surface area contributed by atoms with Crippen LogP contribution in [-0.2, 0) is 6.54 Å². The SMILES string of the molecule is N#Cc1cccc(CN(CCO)C(=O)O)c1. The lowest BCUT2D eigenvalue weighted by molar-refractivity contribution is 0.129. The maximum absolute atomic E-state index is 10.8. The molecule has 0 aliphatic heterocycles. The molecule has 1 amide bonds. The Balaban J connectivity index is 2.77. The standard InChI is InChI=1S/C11H12N2O3/c12-7-9-2-1-3-10(6-9)8-13(4-5-14)11(15)16/h1-3,6,14H,4-5,8H2,(H,15,16). The number of aliphatic hydroxyl groups excluding tert-OH is 1. The van der Waals surface area contributed by atoms with Crippen LogP contribution in [0.25, 0.3) is 0 Å². The van der Waals surface area contributed by atoms with Crippen molar-refractivity contribution in [3.8, 4) is 6.07 Å². The van der Waals surface area contributed by atoms with Gasteiger partial charge in [-0.1, -0.05) is 12.1 Å². The zero-order valence-electron chi connectivity index (χ0n) is 8.63. The maximum atomic E-state index is 10.8. The van der Waals surface area contributed by atoms with Crippen LogP contribution in [0.15, 0.2) is 24.3 Å². The molecule has 0 bridgehead atoms. The minimum atomic E-state index is -1.09. The third-order valence-electron chi connectivity index (χ3n) is 2.07. The van der Waals surface area contributed by atoms with Gasteiger partial charge < -0.3 is 15.1 Å². The smallest absolute Gasteiger partial charge is 0.407 e. The highest BCUT2D eigenvalue weighted by molar-refractivity contribution is 5.65. The topological polar surface area (TPSA) is 84.6 Å². The molecule has 0 saturated carbocycles. The summed E-state index contributed by atoms with van der Waals surface area (Å²) in [6, 6.07) is 8.72. The third-order valence-corrected chi connectivity index (χ3v) is 2.07. The summed E-state index contributed by atoms with van der Waals surface area (Å²) in [5.41, 5.74) is 1.22. The third kappa shape index (κ3) is 3.26. The largest absolute Gasteiger partial charge is 0.465 e. The van der Waals surface area contributed by atoms with Crippen LogP contribution in [-0.4, -0.2) is 34.4 Å². The fourth-order valence-electron chi connectivity index (χ4n) is 1.32. The van der Waals surface area contributed by atoms with Gasteiger partial charge in [-0.15, -0.1) is 0 Å². The normalized spacial score (nSPS) is 9.50. The maximum Gasteiger partial charge on any atom is 0.407 e. The second kappa shape index (κ2) is 5.73. The lowest BCUT2D eigenvalue weighted by atomic mass is 10.1. The number of benzene rings is 1. The van der Waals surface area contributed by atoms with Crippen molar-refractivity contribution in [1.82, 2.24) is 4.90 Å². The van der Waals surface area contributed by atoms with Gasteiger partial charge in [0.2, 0.25) is 0 Å². The summed E-state index contributed by atoms with van der Waals surface area (Å²) in [6.45, 7) is 0.0156. The van der Waals surface area contributed by atoms with Crippen molar-refractivity contribution in [3.05, 3.63) is 35.4 Å². The number of nitrogens with zero attached hydrogens (tertiary/aromatic N) is 2. The molecule has 2 N–H and O–H groups in total. The molecule has 0 aromatic heterocycles. The Morgan fingerprint density at radius 2 is 2.25 bits per heavy atom. The molecule has 0 atom stereocenters. The highest BCUT2D eigenvalue weighted by atomic mass is 16.4. The summed E-state index contributed by atoms with van der Waals surface area (Å²) in [5, 5.41) is 26.2. The first-order chi connectivity index (χ1) is 7.67. The molecule has 0 saturated heterocycles. The number of amides is 1. The van der Waals surface area contributed by atoms with Crippen molar-refractivity contribution in [3.63, 3.8) is 0 Å². The van der Waals surface area contributed by atoms with Crippen molar-refractivity contribution >= 4 is 6.09 Å². The second-order valence-electron chi connectivity index (χ2n) is 3.24. The van der Waals surface area contributed by atoms with Gasteiger partial charge in [0.05, 0.1) is 18.2 Å². The first-order valence-electron chi connectivity index (χ1n) is 4.75. The average molecular weight is 220 g/mol. The van der Waals surface area contributed by atoms with Gasteiger partial charge in [0, 0.05) is 13.1 Å². The minimum absolute atomic E-state index is 0.0616. The number of nitriles is 1. The summed E-state index contributed by atoms with van der Waals surface area (Å²) >= 11 is 0. The first kappa shape index (κ1) is 12.0. The predicted octanol–water partition coefficient (Wildman–Crippen LogP) is 1.03. The molecule has 1 rings (SSSR count). The lowest BCUT2D eigenvalue weighted by Crippen LogP contribution is -2.31. The Bertz CT molecular complexity index is 412. The van der Waals surface area contributed by atoms with E-state index in [1.807, 2.05) is 6.07 Å². The monoisotopic (exact) mass is 220 g/mol. The van der Waals surface area contributed by atoms with Gasteiger partial charge in [-0.3, -0.25) is 0 Å². The van der Waals surface area contributed by atoms with E-state index in [9.17, 15) is 4.79 Å². The number of hydrogen-bond donors (Lipinski definition) is 2. The summed E-state index contributed by atoms with van der Waals surface area (Å²) < 4.78 is 0. The quantitative estimate of drug-likeness (QED) is 0.793. The van der Waals surface area contributed by atoms with E-state index >= 15 is 0 Å². The van der Waals surface area contributed by atoms with E-state index in [0.717, 1.165) is 10.5 Å². The molecule has 16 heavy (non-hydrogen) atoms. The van der Waals surface area contributed by atoms with Crippen LogP contribution < -0.4 is 0 Å². The van der Waals surface area contributed by atoms with Crippen LogP contribution in [0.1, 0.15) is 11.1 Å². The molecule has 0 aliphatic carbocycles. The van der Waals surface area contributed by atoms with Gasteiger partial charge in [0.15, 0.2) is 0 Å². The van der Waals surface area contributed by atoms with Crippen molar-refractivity contribution in [2.75, 3.05) is 13.2 Å². The molecule has 1 aromatic rings. The molecule has 0 fully saturated rings. The van der Waals surface area contributed by atoms with E-state index in [4.69, 9.17) is 15.5 Å². The Hall–Kier alpha value is -2.06. The van der Waals surface area contributed by atoms with Gasteiger partial charge >= 0.3 is 6.09 Å². The minimum Gasteiger partial charge on any atom is -0.465 e. The summed E-state index contributed by atoms with van der Waals surface area (Å²) in [5.74, 6) is 0. The zero-order valence-corrected chi connectivity index (χ0v) is 8.63. The van der Waals surface area contributed by atoms with E-state index in [1.54, 1.807) is 24.3 Å². The number of carbonyl (C=O) groups is 1. The van der Waals surface area contributed by atoms with Gasteiger partial charge in [-0.25, -0.2) is 4.79 Å². The molecule has 1 aromatic carbocycles. The van der Waals surface area contributed by atoms with Crippen LogP contribution >= 0.6 is 0 Å². The molecule has 0 aliphatic rings. The van der Waals surface area contributed by atoms with E-state index < -0.39 is 6.09 Å². The van der Waals surface area contributed by atoms with Crippen LogP contribution in [0, 0.1) is 11.3 Å². The van der Waals surface area contributed by atoms with Crippen LogP contribution in [0.3, 0.4) is 0 Å². The van der Waals surface area contributed by atoms with Gasteiger partial charge in [0.1, 0.15) is 0 Å². The van der Waals surface area contributed by atoms with Crippen molar-refractivity contribution < 1.29 is 15.0 Å². The molecule has 0 unspecified atom stereocenters. The molecule has 5 heteroatoms.